The molecular weight excluding hydrogens is 488 g/mol. The van der Waals surface area contributed by atoms with Crippen molar-refractivity contribution in [2.45, 2.75) is 38.8 Å². The first-order chi connectivity index (χ1) is 16.9. The summed E-state index contributed by atoms with van der Waals surface area (Å²) in [6.45, 7) is 3.99. The van der Waals surface area contributed by atoms with Crippen LogP contribution in [0.15, 0.2) is 42.5 Å². The number of halogens is 8. The third-order valence-electron chi connectivity index (χ3n) is 5.33. The smallest absolute Gasteiger partial charge is 0.206 e. The van der Waals surface area contributed by atoms with E-state index in [1.54, 1.807) is 6.07 Å². The fourth-order valence-electron chi connectivity index (χ4n) is 3.57. The Morgan fingerprint density at radius 3 is 1.89 bits per heavy atom. The summed E-state index contributed by atoms with van der Waals surface area (Å²) in [5.41, 5.74) is -1.92. The highest BCUT2D eigenvalue weighted by molar-refractivity contribution is 5.67. The Morgan fingerprint density at radius 2 is 1.36 bits per heavy atom. The SMILES string of the molecule is CCCC(C)c1ccc(C#Cc2cc(F)c(-c3cc(F)c(C#CC(F)(F)F)c(F)c3)c(F)c2)c(F)c1. The average molecular weight is 506 g/mol. The second-order valence-electron chi connectivity index (χ2n) is 8.06. The molecule has 3 rings (SSSR count). The summed E-state index contributed by atoms with van der Waals surface area (Å²) in [5, 5.41) is 0. The maximum atomic E-state index is 14.7. The predicted octanol–water partition coefficient (Wildman–Crippen LogP) is 8.27. The van der Waals surface area contributed by atoms with Crippen LogP contribution in [0.2, 0.25) is 0 Å². The highest BCUT2D eigenvalue weighted by atomic mass is 19.4. The van der Waals surface area contributed by atoms with Crippen LogP contribution in [0.25, 0.3) is 11.1 Å². The molecule has 0 aliphatic heterocycles. The first-order valence-corrected chi connectivity index (χ1v) is 10.8. The van der Waals surface area contributed by atoms with Gasteiger partial charge in [-0.1, -0.05) is 44.1 Å². The third kappa shape index (κ3) is 6.46. The van der Waals surface area contributed by atoms with Crippen molar-refractivity contribution < 1.29 is 35.1 Å². The minimum Gasteiger partial charge on any atom is -0.206 e. The van der Waals surface area contributed by atoms with Crippen LogP contribution in [0, 0.1) is 52.8 Å². The first kappa shape index (κ1) is 26.8. The summed E-state index contributed by atoms with van der Waals surface area (Å²) in [7, 11) is 0. The number of alkyl halides is 3. The van der Waals surface area contributed by atoms with Crippen LogP contribution < -0.4 is 0 Å². The van der Waals surface area contributed by atoms with E-state index < -0.39 is 52.0 Å². The number of rotatable bonds is 4. The molecule has 1 unspecified atom stereocenters. The fourth-order valence-corrected chi connectivity index (χ4v) is 3.57. The molecule has 0 aromatic heterocycles. The van der Waals surface area contributed by atoms with E-state index in [0.717, 1.165) is 36.5 Å². The predicted molar refractivity (Wildman–Crippen MR) is 120 cm³/mol. The van der Waals surface area contributed by atoms with E-state index in [1.807, 2.05) is 13.8 Å². The van der Waals surface area contributed by atoms with Crippen LogP contribution in [-0.4, -0.2) is 6.18 Å². The van der Waals surface area contributed by atoms with Crippen molar-refractivity contribution in [1.82, 2.24) is 0 Å². The molecule has 0 bridgehead atoms. The van der Waals surface area contributed by atoms with Crippen LogP contribution in [0.3, 0.4) is 0 Å². The fraction of sp³-hybridized carbons (Fsp3) is 0.214. The minimum atomic E-state index is -4.98. The highest BCUT2D eigenvalue weighted by Gasteiger charge is 2.24. The first-order valence-electron chi connectivity index (χ1n) is 10.8. The average Bonchev–Trinajstić information content (AvgIpc) is 2.76. The van der Waals surface area contributed by atoms with Gasteiger partial charge in [-0.05, 0) is 59.9 Å². The molecule has 8 heteroatoms. The van der Waals surface area contributed by atoms with Crippen molar-refractivity contribution in [3.63, 3.8) is 0 Å². The maximum absolute atomic E-state index is 14.7. The van der Waals surface area contributed by atoms with E-state index >= 15 is 0 Å². The lowest BCUT2D eigenvalue weighted by Crippen LogP contribution is -2.03. The van der Waals surface area contributed by atoms with Gasteiger partial charge in [0.15, 0.2) is 0 Å². The Kier molecular flexibility index (Phi) is 8.10. The number of hydrogen-bond donors (Lipinski definition) is 0. The quantitative estimate of drug-likeness (QED) is 0.247. The van der Waals surface area contributed by atoms with Crippen LogP contribution >= 0.6 is 0 Å². The topological polar surface area (TPSA) is 0 Å². The molecule has 0 saturated carbocycles. The van der Waals surface area contributed by atoms with Crippen LogP contribution in [-0.2, 0) is 0 Å². The Balaban J connectivity index is 1.93. The Hall–Kier alpha value is -3.78. The second kappa shape index (κ2) is 10.9. The van der Waals surface area contributed by atoms with Gasteiger partial charge in [0, 0.05) is 11.5 Å². The molecule has 0 radical (unpaired) electrons. The van der Waals surface area contributed by atoms with E-state index in [4.69, 9.17) is 0 Å². The van der Waals surface area contributed by atoms with Crippen molar-refractivity contribution in [2.75, 3.05) is 0 Å². The van der Waals surface area contributed by atoms with Crippen molar-refractivity contribution >= 4 is 0 Å². The normalized spacial score (nSPS) is 11.8. The molecule has 0 nitrogen and oxygen atoms in total. The highest BCUT2D eigenvalue weighted by Crippen LogP contribution is 2.30. The number of hydrogen-bond acceptors (Lipinski definition) is 0. The van der Waals surface area contributed by atoms with Crippen molar-refractivity contribution in [1.29, 1.82) is 0 Å². The van der Waals surface area contributed by atoms with E-state index in [9.17, 15) is 35.1 Å². The maximum Gasteiger partial charge on any atom is 0.458 e. The molecule has 186 valence electrons. The molecule has 0 fully saturated rings. The van der Waals surface area contributed by atoms with Gasteiger partial charge in [0.05, 0.1) is 16.7 Å². The summed E-state index contributed by atoms with van der Waals surface area (Å²) in [4.78, 5) is 0. The van der Waals surface area contributed by atoms with Crippen LogP contribution in [0.1, 0.15) is 54.9 Å². The molecule has 0 amide bonds. The van der Waals surface area contributed by atoms with Gasteiger partial charge in [-0.15, -0.1) is 0 Å². The zero-order chi connectivity index (χ0) is 26.6. The van der Waals surface area contributed by atoms with E-state index in [1.165, 1.54) is 18.1 Å². The van der Waals surface area contributed by atoms with Gasteiger partial charge in [0.1, 0.15) is 29.1 Å². The van der Waals surface area contributed by atoms with E-state index in [-0.39, 0.29) is 17.0 Å². The molecule has 0 aliphatic carbocycles. The van der Waals surface area contributed by atoms with Gasteiger partial charge in [0.2, 0.25) is 0 Å². The lowest BCUT2D eigenvalue weighted by atomic mass is 9.95. The zero-order valence-electron chi connectivity index (χ0n) is 19.1. The molecule has 0 spiro atoms. The van der Waals surface area contributed by atoms with Gasteiger partial charge in [-0.3, -0.25) is 0 Å². The van der Waals surface area contributed by atoms with Gasteiger partial charge < -0.3 is 0 Å². The molecule has 36 heavy (non-hydrogen) atoms. The van der Waals surface area contributed by atoms with Gasteiger partial charge >= 0.3 is 6.18 Å². The molecular formula is C28H18F8. The van der Waals surface area contributed by atoms with Gasteiger partial charge in [-0.25, -0.2) is 22.0 Å². The monoisotopic (exact) mass is 506 g/mol. The molecule has 0 N–H and O–H groups in total. The van der Waals surface area contributed by atoms with Crippen molar-refractivity contribution in [3.8, 4) is 34.8 Å². The Morgan fingerprint density at radius 1 is 0.750 bits per heavy atom. The standard InChI is InChI=1S/C28H18F8/c1-3-4-16(2)19-8-7-18(22(29)13-19)6-5-17-11-25(32)27(26(33)12-17)20-14-23(30)21(24(31)15-20)9-10-28(34,35)36/h7-8,11-16H,3-4H2,1-2H3. The summed E-state index contributed by atoms with van der Waals surface area (Å²) in [6.07, 6.45) is -3.16. The third-order valence-corrected chi connectivity index (χ3v) is 5.33. The summed E-state index contributed by atoms with van der Waals surface area (Å²) in [6, 6.07) is 7.12. The molecule has 3 aromatic carbocycles. The van der Waals surface area contributed by atoms with Gasteiger partial charge in [0.25, 0.3) is 0 Å². The summed E-state index contributed by atoms with van der Waals surface area (Å²) in [5.74, 6) is 1.11. The summed E-state index contributed by atoms with van der Waals surface area (Å²) >= 11 is 0. The van der Waals surface area contributed by atoms with Crippen LogP contribution in [0.4, 0.5) is 35.1 Å². The second-order valence-corrected chi connectivity index (χ2v) is 8.06. The zero-order valence-corrected chi connectivity index (χ0v) is 19.1. The molecule has 0 aliphatic rings. The lowest BCUT2D eigenvalue weighted by Gasteiger charge is -2.10. The number of benzene rings is 3. The molecule has 3 aromatic rings. The largest absolute Gasteiger partial charge is 0.458 e. The molecule has 0 heterocycles. The Labute approximate surface area is 203 Å². The summed E-state index contributed by atoms with van der Waals surface area (Å²) < 4.78 is 109. The van der Waals surface area contributed by atoms with Gasteiger partial charge in [-0.2, -0.15) is 13.2 Å². The van der Waals surface area contributed by atoms with Crippen molar-refractivity contribution in [3.05, 3.63) is 93.8 Å². The Bertz CT molecular complexity index is 1370. The van der Waals surface area contributed by atoms with E-state index in [2.05, 4.69) is 11.8 Å². The molecule has 0 saturated heterocycles. The lowest BCUT2D eigenvalue weighted by molar-refractivity contribution is -0.0696. The van der Waals surface area contributed by atoms with Crippen molar-refractivity contribution in [2.24, 2.45) is 0 Å². The minimum absolute atomic E-state index is 0.0204. The van der Waals surface area contributed by atoms with E-state index in [0.29, 0.717) is 12.1 Å². The molecule has 1 atom stereocenters. The van der Waals surface area contributed by atoms with Crippen LogP contribution in [0.5, 0.6) is 0 Å².